The zero-order valence-corrected chi connectivity index (χ0v) is 18.8. The zero-order valence-electron chi connectivity index (χ0n) is 17.2. The van der Waals surface area contributed by atoms with E-state index in [4.69, 9.17) is 17.0 Å². The van der Waals surface area contributed by atoms with Crippen LogP contribution in [0, 0.1) is 11.8 Å². The topological polar surface area (TPSA) is 75.7 Å². The number of amides is 1. The van der Waals surface area contributed by atoms with Crippen LogP contribution in [0.1, 0.15) is 24.5 Å². The van der Waals surface area contributed by atoms with E-state index in [1.807, 2.05) is 12.1 Å². The number of fused-ring (bicyclic) bond motifs is 1. The Kier molecular flexibility index (Phi) is 6.69. The maximum atomic E-state index is 13.4. The Balaban J connectivity index is 1.48. The van der Waals surface area contributed by atoms with Gasteiger partial charge in [-0.3, -0.25) is 24.6 Å². The summed E-state index contributed by atoms with van der Waals surface area (Å²) in [5, 5.41) is 6.41. The van der Waals surface area contributed by atoms with Crippen molar-refractivity contribution in [2.24, 2.45) is 11.8 Å². The zero-order chi connectivity index (χ0) is 22.0. The Morgan fingerprint density at radius 3 is 2.61 bits per heavy atom. The van der Waals surface area contributed by atoms with Crippen molar-refractivity contribution in [3.63, 3.8) is 0 Å². The molecule has 2 atom stereocenters. The largest absolute Gasteiger partial charge is 0.465 e. The second kappa shape index (κ2) is 9.46. The van der Waals surface area contributed by atoms with Gasteiger partial charge in [0.1, 0.15) is 6.04 Å². The first kappa shape index (κ1) is 21.9. The van der Waals surface area contributed by atoms with Gasteiger partial charge in [-0.05, 0) is 42.2 Å². The van der Waals surface area contributed by atoms with Crippen LogP contribution in [0.15, 0.2) is 47.0 Å². The molecule has 0 radical (unpaired) electrons. The van der Waals surface area contributed by atoms with Crippen molar-refractivity contribution in [1.29, 1.82) is 0 Å². The minimum absolute atomic E-state index is 0.126. The summed E-state index contributed by atoms with van der Waals surface area (Å²) in [5.41, 5.74) is 2.84. The molecule has 1 aliphatic carbocycles. The van der Waals surface area contributed by atoms with E-state index in [1.54, 1.807) is 23.9 Å². The highest BCUT2D eigenvalue weighted by Gasteiger charge is 2.44. The number of hydrogen-bond acceptors (Lipinski definition) is 7. The lowest BCUT2D eigenvalue weighted by atomic mass is 9.93. The minimum atomic E-state index is -0.821. The molecule has 2 aliphatic heterocycles. The average molecular weight is 457 g/mol. The summed E-state index contributed by atoms with van der Waals surface area (Å²) < 4.78 is 5.10. The summed E-state index contributed by atoms with van der Waals surface area (Å²) in [6.45, 7) is 2.23. The number of ketones is 1. The third-order valence-corrected chi connectivity index (χ3v) is 6.88. The standard InChI is InChI=1S/C23H24N2O4S2/c1-2-29-23(28)21-20(18(30)12-24-21)22(27)17-13-31-8-7-25(17)19(26)11-14-9-15-5-3-4-6-16(15)10-14/h3-8,13-14,20-21,24H,2,9-12H2,1H3/t20?,21-/m0/s1. The molecule has 3 aliphatic rings. The number of thiocarbonyl (C=S) groups is 1. The molecule has 0 aromatic heterocycles. The number of esters is 1. The lowest BCUT2D eigenvalue weighted by Crippen LogP contribution is -2.43. The number of rotatable bonds is 6. The number of allylic oxidation sites excluding steroid dienone is 1. The number of thioether (sulfide) groups is 1. The van der Waals surface area contributed by atoms with Crippen molar-refractivity contribution in [3.8, 4) is 0 Å². The second-order valence-corrected chi connectivity index (χ2v) is 9.16. The minimum Gasteiger partial charge on any atom is -0.465 e. The molecule has 8 heteroatoms. The van der Waals surface area contributed by atoms with Crippen LogP contribution >= 0.6 is 24.0 Å². The fraction of sp³-hybridized carbons (Fsp3) is 0.391. The summed E-state index contributed by atoms with van der Waals surface area (Å²) in [6.07, 6.45) is 3.71. The molecule has 0 bridgehead atoms. The van der Waals surface area contributed by atoms with E-state index >= 15 is 0 Å². The number of ether oxygens (including phenoxy) is 1. The van der Waals surface area contributed by atoms with Crippen LogP contribution < -0.4 is 5.32 Å². The van der Waals surface area contributed by atoms with E-state index in [1.165, 1.54) is 27.8 Å². The van der Waals surface area contributed by atoms with Gasteiger partial charge in [0.25, 0.3) is 0 Å². The number of carbonyl (C=O) groups is 3. The molecular formula is C23H24N2O4S2. The third kappa shape index (κ3) is 4.51. The van der Waals surface area contributed by atoms with Crippen LogP contribution in [0.2, 0.25) is 0 Å². The summed E-state index contributed by atoms with van der Waals surface area (Å²) in [4.78, 5) is 40.8. The predicted molar refractivity (Wildman–Crippen MR) is 123 cm³/mol. The number of nitrogens with zero attached hydrogens (tertiary/aromatic N) is 1. The molecule has 31 heavy (non-hydrogen) atoms. The van der Waals surface area contributed by atoms with Gasteiger partial charge in [-0.1, -0.05) is 36.5 Å². The SMILES string of the molecule is CCOC(=O)[C@H]1NCC(=S)C1C(=O)C1=CSC=CN1C(=O)CC1Cc2ccccc2C1. The quantitative estimate of drug-likeness (QED) is 0.521. The van der Waals surface area contributed by atoms with E-state index < -0.39 is 17.9 Å². The van der Waals surface area contributed by atoms with Crippen LogP contribution in [-0.2, 0) is 32.0 Å². The Bertz CT molecular complexity index is 963. The molecule has 6 nitrogen and oxygen atoms in total. The van der Waals surface area contributed by atoms with E-state index in [2.05, 4.69) is 17.4 Å². The molecule has 1 aromatic carbocycles. The summed E-state index contributed by atoms with van der Waals surface area (Å²) in [5.74, 6) is -1.56. The van der Waals surface area contributed by atoms with Gasteiger partial charge in [0, 0.05) is 29.4 Å². The van der Waals surface area contributed by atoms with E-state index in [0.717, 1.165) is 12.8 Å². The van der Waals surface area contributed by atoms with Gasteiger partial charge in [-0.25, -0.2) is 0 Å². The number of hydrogen-bond donors (Lipinski definition) is 1. The molecule has 1 N–H and O–H groups in total. The van der Waals surface area contributed by atoms with Crippen LogP contribution in [0.25, 0.3) is 0 Å². The van der Waals surface area contributed by atoms with Crippen molar-refractivity contribution >= 4 is 46.5 Å². The summed E-state index contributed by atoms with van der Waals surface area (Å²) >= 11 is 6.71. The lowest BCUT2D eigenvalue weighted by Gasteiger charge is -2.27. The van der Waals surface area contributed by atoms with Gasteiger partial charge in [-0.15, -0.1) is 11.8 Å². The van der Waals surface area contributed by atoms with E-state index in [-0.39, 0.29) is 29.9 Å². The summed E-state index contributed by atoms with van der Waals surface area (Å²) in [6, 6.07) is 7.43. The van der Waals surface area contributed by atoms with Gasteiger partial charge in [0.2, 0.25) is 5.91 Å². The van der Waals surface area contributed by atoms with Crippen molar-refractivity contribution in [1.82, 2.24) is 10.2 Å². The van der Waals surface area contributed by atoms with Crippen molar-refractivity contribution in [3.05, 3.63) is 58.1 Å². The van der Waals surface area contributed by atoms with Gasteiger partial charge in [0.15, 0.2) is 5.78 Å². The predicted octanol–water partition coefficient (Wildman–Crippen LogP) is 2.77. The monoisotopic (exact) mass is 456 g/mol. The first-order valence-electron chi connectivity index (χ1n) is 10.4. The Labute approximate surface area is 191 Å². The first-order valence-corrected chi connectivity index (χ1v) is 11.7. The highest BCUT2D eigenvalue weighted by molar-refractivity contribution is 8.05. The molecular weight excluding hydrogens is 432 g/mol. The van der Waals surface area contributed by atoms with Crippen molar-refractivity contribution in [2.75, 3.05) is 13.2 Å². The Morgan fingerprint density at radius 1 is 1.23 bits per heavy atom. The molecule has 1 aromatic rings. The highest BCUT2D eigenvalue weighted by atomic mass is 32.2. The van der Waals surface area contributed by atoms with Gasteiger partial charge < -0.3 is 4.74 Å². The average Bonchev–Trinajstić information content (AvgIpc) is 3.36. The van der Waals surface area contributed by atoms with Crippen LogP contribution in [0.5, 0.6) is 0 Å². The number of Topliss-reactive ketones (excluding diaryl/α,β-unsaturated/α-hetero) is 1. The van der Waals surface area contributed by atoms with Crippen molar-refractivity contribution in [2.45, 2.75) is 32.2 Å². The maximum Gasteiger partial charge on any atom is 0.324 e. The fourth-order valence-electron chi connectivity index (χ4n) is 4.40. The Hall–Kier alpha value is -2.29. The molecule has 0 spiro atoms. The molecule has 1 unspecified atom stereocenters. The van der Waals surface area contributed by atoms with Gasteiger partial charge in [-0.2, -0.15) is 0 Å². The van der Waals surface area contributed by atoms with E-state index in [9.17, 15) is 14.4 Å². The molecule has 1 fully saturated rings. The molecule has 1 saturated heterocycles. The molecule has 0 saturated carbocycles. The number of nitrogens with one attached hydrogen (secondary N) is 1. The van der Waals surface area contributed by atoms with Gasteiger partial charge >= 0.3 is 5.97 Å². The third-order valence-electron chi connectivity index (χ3n) is 5.85. The molecule has 162 valence electrons. The van der Waals surface area contributed by atoms with E-state index in [0.29, 0.717) is 17.8 Å². The normalized spacial score (nSPS) is 22.9. The van der Waals surface area contributed by atoms with Crippen LogP contribution in [0.4, 0.5) is 0 Å². The first-order chi connectivity index (χ1) is 15.0. The maximum absolute atomic E-state index is 13.4. The molecule has 4 rings (SSSR count). The number of benzene rings is 1. The highest BCUT2D eigenvalue weighted by Crippen LogP contribution is 2.32. The molecule has 2 heterocycles. The fourth-order valence-corrected chi connectivity index (χ4v) is 5.36. The van der Waals surface area contributed by atoms with Crippen LogP contribution in [-0.4, -0.2) is 46.6 Å². The van der Waals surface area contributed by atoms with Crippen LogP contribution in [0.3, 0.4) is 0 Å². The Morgan fingerprint density at radius 2 is 1.94 bits per heavy atom. The molecule has 1 amide bonds. The van der Waals surface area contributed by atoms with Gasteiger partial charge in [0.05, 0.1) is 18.2 Å². The number of carbonyl (C=O) groups excluding carboxylic acids is 3. The smallest absolute Gasteiger partial charge is 0.324 e. The summed E-state index contributed by atoms with van der Waals surface area (Å²) in [7, 11) is 0. The second-order valence-electron chi connectivity index (χ2n) is 7.85. The van der Waals surface area contributed by atoms with Crippen molar-refractivity contribution < 1.29 is 19.1 Å². The lowest BCUT2D eigenvalue weighted by molar-refractivity contribution is -0.147.